The zero-order valence-electron chi connectivity index (χ0n) is 11.7. The molecular formula is C13H16N2O4S2. The van der Waals surface area contributed by atoms with E-state index in [1.807, 2.05) is 0 Å². The molecule has 0 heterocycles. The predicted octanol–water partition coefficient (Wildman–Crippen LogP) is 2.40. The van der Waals surface area contributed by atoms with Crippen LogP contribution in [0.4, 0.5) is 10.5 Å². The highest BCUT2D eigenvalue weighted by Gasteiger charge is 2.11. The molecule has 0 aromatic heterocycles. The number of carbonyl (C=O) groups excluding carboxylic acids is 2. The minimum Gasteiger partial charge on any atom is -0.495 e. The van der Waals surface area contributed by atoms with Crippen LogP contribution in [0.25, 0.3) is 0 Å². The molecule has 21 heavy (non-hydrogen) atoms. The SMILES string of the molecule is CCOC(=S)SCC(=O)NC(=O)Nc1ccccc1OC. The van der Waals surface area contributed by atoms with Gasteiger partial charge < -0.3 is 14.8 Å². The number of anilines is 1. The fourth-order valence-corrected chi connectivity index (χ4v) is 2.17. The van der Waals surface area contributed by atoms with E-state index in [0.717, 1.165) is 11.8 Å². The van der Waals surface area contributed by atoms with Crippen LogP contribution in [-0.4, -0.2) is 35.8 Å². The predicted molar refractivity (Wildman–Crippen MR) is 86.8 cm³/mol. The first kappa shape index (κ1) is 17.3. The van der Waals surface area contributed by atoms with Gasteiger partial charge in [0, 0.05) is 0 Å². The molecule has 1 rings (SSSR count). The summed E-state index contributed by atoms with van der Waals surface area (Å²) < 4.78 is 10.4. The van der Waals surface area contributed by atoms with Gasteiger partial charge in [0.2, 0.25) is 10.3 Å². The van der Waals surface area contributed by atoms with Gasteiger partial charge in [-0.15, -0.1) is 0 Å². The van der Waals surface area contributed by atoms with Crippen LogP contribution in [0.2, 0.25) is 0 Å². The third-order valence-electron chi connectivity index (χ3n) is 2.19. The topological polar surface area (TPSA) is 76.7 Å². The molecule has 0 atom stereocenters. The zero-order chi connectivity index (χ0) is 15.7. The molecule has 0 radical (unpaired) electrons. The number of benzene rings is 1. The van der Waals surface area contributed by atoms with Crippen molar-refractivity contribution in [3.63, 3.8) is 0 Å². The number of hydrogen-bond donors (Lipinski definition) is 2. The average molecular weight is 328 g/mol. The molecule has 114 valence electrons. The van der Waals surface area contributed by atoms with E-state index in [4.69, 9.17) is 21.7 Å². The minimum absolute atomic E-state index is 0.0121. The van der Waals surface area contributed by atoms with Gasteiger partial charge in [-0.1, -0.05) is 23.9 Å². The molecule has 8 heteroatoms. The first-order chi connectivity index (χ1) is 10.1. The van der Waals surface area contributed by atoms with E-state index in [2.05, 4.69) is 10.6 Å². The molecule has 0 aliphatic carbocycles. The molecule has 0 saturated carbocycles. The van der Waals surface area contributed by atoms with E-state index in [9.17, 15) is 9.59 Å². The second-order valence-electron chi connectivity index (χ2n) is 3.67. The minimum atomic E-state index is -0.632. The molecule has 0 aliphatic heterocycles. The van der Waals surface area contributed by atoms with Crippen LogP contribution >= 0.6 is 24.0 Å². The van der Waals surface area contributed by atoms with E-state index < -0.39 is 11.9 Å². The van der Waals surface area contributed by atoms with Crippen molar-refractivity contribution < 1.29 is 19.1 Å². The fraction of sp³-hybridized carbons (Fsp3) is 0.308. The number of thiocarbonyl (C=S) groups is 1. The molecule has 2 N–H and O–H groups in total. The van der Waals surface area contributed by atoms with Gasteiger partial charge in [0.1, 0.15) is 5.75 Å². The number of imide groups is 1. The van der Waals surface area contributed by atoms with Gasteiger partial charge in [-0.25, -0.2) is 4.79 Å². The van der Waals surface area contributed by atoms with Crippen molar-refractivity contribution in [1.29, 1.82) is 0 Å². The average Bonchev–Trinajstić information content (AvgIpc) is 2.46. The van der Waals surface area contributed by atoms with Crippen LogP contribution in [-0.2, 0) is 9.53 Å². The Labute approximate surface area is 132 Å². The maximum absolute atomic E-state index is 11.7. The summed E-state index contributed by atoms with van der Waals surface area (Å²) in [6.07, 6.45) is 0. The van der Waals surface area contributed by atoms with Crippen LogP contribution < -0.4 is 15.4 Å². The summed E-state index contributed by atoms with van der Waals surface area (Å²) in [6.45, 7) is 2.25. The molecule has 0 saturated heterocycles. The van der Waals surface area contributed by atoms with Gasteiger partial charge in [-0.3, -0.25) is 10.1 Å². The number of hydrogen-bond acceptors (Lipinski definition) is 6. The summed E-state index contributed by atoms with van der Waals surface area (Å²) in [5, 5.41) is 4.73. The molecule has 0 unspecified atom stereocenters. The number of para-hydroxylation sites is 2. The Hall–Kier alpha value is -1.80. The molecule has 1 aromatic rings. The second kappa shape index (κ2) is 9.19. The lowest BCUT2D eigenvalue weighted by Crippen LogP contribution is -2.35. The Morgan fingerprint density at radius 3 is 2.71 bits per heavy atom. The van der Waals surface area contributed by atoms with E-state index in [0.29, 0.717) is 18.0 Å². The Balaban J connectivity index is 2.43. The standard InChI is InChI=1S/C13H16N2O4S2/c1-3-19-13(20)21-8-11(16)15-12(17)14-9-6-4-5-7-10(9)18-2/h4-7H,3,8H2,1-2H3,(H2,14,15,16,17). The molecule has 3 amide bonds. The number of methoxy groups -OCH3 is 1. The summed E-state index contributed by atoms with van der Waals surface area (Å²) in [5.41, 5.74) is 0.475. The number of nitrogens with one attached hydrogen (secondary N) is 2. The lowest BCUT2D eigenvalue weighted by molar-refractivity contribution is -0.117. The fourth-order valence-electron chi connectivity index (χ4n) is 1.35. The van der Waals surface area contributed by atoms with Gasteiger partial charge in [-0.2, -0.15) is 0 Å². The number of amides is 3. The third-order valence-corrected chi connectivity index (χ3v) is 3.42. The van der Waals surface area contributed by atoms with Crippen molar-refractivity contribution in [2.24, 2.45) is 0 Å². The summed E-state index contributed by atoms with van der Waals surface area (Å²) in [5.74, 6) is 0.0551. The monoisotopic (exact) mass is 328 g/mol. The normalized spacial score (nSPS) is 9.62. The zero-order valence-corrected chi connectivity index (χ0v) is 13.3. The van der Waals surface area contributed by atoms with Gasteiger partial charge in [0.15, 0.2) is 0 Å². The van der Waals surface area contributed by atoms with Crippen molar-refractivity contribution >= 4 is 46.0 Å². The summed E-state index contributed by atoms with van der Waals surface area (Å²) in [6, 6.07) is 6.26. The largest absolute Gasteiger partial charge is 0.495 e. The van der Waals surface area contributed by atoms with Crippen LogP contribution in [0.1, 0.15) is 6.92 Å². The quantitative estimate of drug-likeness (QED) is 0.808. The van der Waals surface area contributed by atoms with Crippen LogP contribution in [0.5, 0.6) is 5.75 Å². The van der Waals surface area contributed by atoms with E-state index in [1.54, 1.807) is 31.2 Å². The highest BCUT2D eigenvalue weighted by molar-refractivity contribution is 8.23. The van der Waals surface area contributed by atoms with Gasteiger partial charge in [-0.05, 0) is 31.3 Å². The van der Waals surface area contributed by atoms with Crippen LogP contribution in [0, 0.1) is 0 Å². The Bertz CT molecular complexity index is 523. The summed E-state index contributed by atoms with van der Waals surface area (Å²) >= 11 is 5.92. The Morgan fingerprint density at radius 1 is 1.33 bits per heavy atom. The van der Waals surface area contributed by atoms with Crippen molar-refractivity contribution in [3.8, 4) is 5.75 Å². The third kappa shape index (κ3) is 6.46. The number of carbonyl (C=O) groups is 2. The number of thioether (sulfide) groups is 1. The van der Waals surface area contributed by atoms with E-state index >= 15 is 0 Å². The molecule has 1 aromatic carbocycles. The molecule has 6 nitrogen and oxygen atoms in total. The summed E-state index contributed by atoms with van der Waals surface area (Å²) in [7, 11) is 1.49. The molecule has 0 fully saturated rings. The second-order valence-corrected chi connectivity index (χ2v) is 5.25. The lowest BCUT2D eigenvalue weighted by atomic mass is 10.3. The molecule has 0 spiro atoms. The number of ether oxygens (including phenoxy) is 2. The highest BCUT2D eigenvalue weighted by atomic mass is 32.2. The van der Waals surface area contributed by atoms with Crippen LogP contribution in [0.15, 0.2) is 24.3 Å². The van der Waals surface area contributed by atoms with Crippen molar-refractivity contribution in [3.05, 3.63) is 24.3 Å². The van der Waals surface area contributed by atoms with Gasteiger partial charge >= 0.3 is 6.03 Å². The van der Waals surface area contributed by atoms with Gasteiger partial charge in [0.05, 0.1) is 25.2 Å². The Kier molecular flexibility index (Phi) is 7.55. The summed E-state index contributed by atoms with van der Waals surface area (Å²) in [4.78, 5) is 23.3. The van der Waals surface area contributed by atoms with Gasteiger partial charge in [0.25, 0.3) is 0 Å². The molecule has 0 aliphatic rings. The number of urea groups is 1. The maximum atomic E-state index is 11.7. The number of rotatable bonds is 5. The van der Waals surface area contributed by atoms with E-state index in [1.165, 1.54) is 7.11 Å². The van der Waals surface area contributed by atoms with Crippen molar-refractivity contribution in [2.75, 3.05) is 24.8 Å². The first-order valence-corrected chi connectivity index (χ1v) is 7.49. The molecular weight excluding hydrogens is 312 g/mol. The first-order valence-electron chi connectivity index (χ1n) is 6.10. The molecule has 0 bridgehead atoms. The Morgan fingerprint density at radius 2 is 2.05 bits per heavy atom. The maximum Gasteiger partial charge on any atom is 0.326 e. The van der Waals surface area contributed by atoms with Crippen molar-refractivity contribution in [2.45, 2.75) is 6.92 Å². The smallest absolute Gasteiger partial charge is 0.326 e. The van der Waals surface area contributed by atoms with Crippen molar-refractivity contribution in [1.82, 2.24) is 5.32 Å². The van der Waals surface area contributed by atoms with E-state index in [-0.39, 0.29) is 10.1 Å². The lowest BCUT2D eigenvalue weighted by Gasteiger charge is -2.10. The van der Waals surface area contributed by atoms with Crippen LogP contribution in [0.3, 0.4) is 0 Å². The highest BCUT2D eigenvalue weighted by Crippen LogP contribution is 2.22.